The van der Waals surface area contributed by atoms with Gasteiger partial charge in [0.15, 0.2) is 5.96 Å². The molecule has 1 aromatic heterocycles. The van der Waals surface area contributed by atoms with Gasteiger partial charge in [0.1, 0.15) is 11.6 Å². The highest BCUT2D eigenvalue weighted by Crippen LogP contribution is 2.18. The van der Waals surface area contributed by atoms with Gasteiger partial charge in [-0.25, -0.2) is 9.37 Å². The van der Waals surface area contributed by atoms with Gasteiger partial charge in [-0.1, -0.05) is 0 Å². The van der Waals surface area contributed by atoms with Crippen molar-refractivity contribution in [3.63, 3.8) is 0 Å². The zero-order valence-electron chi connectivity index (χ0n) is 14.6. The molecular weight excluding hydrogens is 454 g/mol. The SMILES string of the molecule is CN=C(NCCCSc1ccc(F)cc1)NCc1nc(C)c(C)o1.I. The summed E-state index contributed by atoms with van der Waals surface area (Å²) in [4.78, 5) is 9.58. The van der Waals surface area contributed by atoms with E-state index in [-0.39, 0.29) is 29.8 Å². The summed E-state index contributed by atoms with van der Waals surface area (Å²) in [6.45, 7) is 5.13. The monoisotopic (exact) mass is 478 g/mol. The number of rotatable bonds is 7. The normalized spacial score (nSPS) is 11.1. The number of thioether (sulfide) groups is 1. The van der Waals surface area contributed by atoms with Crippen LogP contribution in [0.25, 0.3) is 0 Å². The van der Waals surface area contributed by atoms with Gasteiger partial charge in [-0.3, -0.25) is 4.99 Å². The molecule has 25 heavy (non-hydrogen) atoms. The molecule has 2 N–H and O–H groups in total. The second kappa shape index (κ2) is 11.3. The standard InChI is InChI=1S/C17H23FN4OS.HI/c1-12-13(2)23-16(22-12)11-21-17(19-3)20-9-4-10-24-15-7-5-14(18)6-8-15;/h5-8H,4,9-11H2,1-3H3,(H2,19,20,21);1H. The zero-order chi connectivity index (χ0) is 17.4. The molecule has 1 heterocycles. The lowest BCUT2D eigenvalue weighted by Crippen LogP contribution is -2.37. The number of oxazole rings is 1. The minimum Gasteiger partial charge on any atom is -0.444 e. The molecule has 0 saturated heterocycles. The fraction of sp³-hybridized carbons (Fsp3) is 0.412. The molecule has 138 valence electrons. The predicted molar refractivity (Wildman–Crippen MR) is 111 cm³/mol. The van der Waals surface area contributed by atoms with E-state index < -0.39 is 0 Å². The minimum atomic E-state index is -0.202. The Morgan fingerprint density at radius 3 is 2.56 bits per heavy atom. The first kappa shape index (κ1) is 21.8. The molecule has 0 fully saturated rings. The number of aromatic nitrogens is 1. The molecule has 0 bridgehead atoms. The van der Waals surface area contributed by atoms with Gasteiger partial charge >= 0.3 is 0 Å². The number of nitrogens with one attached hydrogen (secondary N) is 2. The Hall–Kier alpha value is -1.29. The highest BCUT2D eigenvalue weighted by atomic mass is 127. The number of halogens is 2. The van der Waals surface area contributed by atoms with Gasteiger partial charge in [0, 0.05) is 18.5 Å². The van der Waals surface area contributed by atoms with Gasteiger partial charge in [0.25, 0.3) is 0 Å². The van der Waals surface area contributed by atoms with Crippen LogP contribution in [0.2, 0.25) is 0 Å². The zero-order valence-corrected chi connectivity index (χ0v) is 17.8. The molecule has 2 aromatic rings. The third-order valence-electron chi connectivity index (χ3n) is 3.40. The van der Waals surface area contributed by atoms with Crippen LogP contribution in [0.1, 0.15) is 23.8 Å². The van der Waals surface area contributed by atoms with Crippen LogP contribution < -0.4 is 10.6 Å². The van der Waals surface area contributed by atoms with Gasteiger partial charge < -0.3 is 15.1 Å². The van der Waals surface area contributed by atoms with Gasteiger partial charge in [-0.05, 0) is 50.3 Å². The molecule has 0 aliphatic heterocycles. The highest BCUT2D eigenvalue weighted by Gasteiger charge is 2.06. The predicted octanol–water partition coefficient (Wildman–Crippen LogP) is 3.90. The molecule has 0 atom stereocenters. The molecule has 8 heteroatoms. The van der Waals surface area contributed by atoms with E-state index in [9.17, 15) is 4.39 Å². The Morgan fingerprint density at radius 1 is 1.24 bits per heavy atom. The third kappa shape index (κ3) is 7.64. The summed E-state index contributed by atoms with van der Waals surface area (Å²) in [6.07, 6.45) is 0.972. The van der Waals surface area contributed by atoms with Crippen LogP contribution in [-0.2, 0) is 6.54 Å². The average Bonchev–Trinajstić information content (AvgIpc) is 2.90. The van der Waals surface area contributed by atoms with E-state index >= 15 is 0 Å². The van der Waals surface area contributed by atoms with Crippen molar-refractivity contribution >= 4 is 41.7 Å². The van der Waals surface area contributed by atoms with Crippen LogP contribution in [0, 0.1) is 19.7 Å². The van der Waals surface area contributed by atoms with E-state index in [4.69, 9.17) is 4.42 Å². The average molecular weight is 478 g/mol. The summed E-state index contributed by atoms with van der Waals surface area (Å²) in [6, 6.07) is 6.57. The molecule has 5 nitrogen and oxygen atoms in total. The van der Waals surface area contributed by atoms with Gasteiger partial charge in [-0.2, -0.15) is 0 Å². The van der Waals surface area contributed by atoms with Crippen LogP contribution in [0.15, 0.2) is 38.6 Å². The van der Waals surface area contributed by atoms with Crippen LogP contribution in [0.3, 0.4) is 0 Å². The highest BCUT2D eigenvalue weighted by molar-refractivity contribution is 14.0. The summed E-state index contributed by atoms with van der Waals surface area (Å²) in [5.74, 6) is 2.96. The second-order valence-corrected chi connectivity index (χ2v) is 6.43. The topological polar surface area (TPSA) is 62.5 Å². The van der Waals surface area contributed by atoms with Gasteiger partial charge in [0.05, 0.1) is 12.2 Å². The second-order valence-electron chi connectivity index (χ2n) is 5.26. The number of hydrogen-bond donors (Lipinski definition) is 2. The molecule has 0 amide bonds. The molecule has 0 radical (unpaired) electrons. The Bertz CT molecular complexity index is 656. The summed E-state index contributed by atoms with van der Waals surface area (Å²) in [7, 11) is 1.73. The molecule has 0 saturated carbocycles. The molecule has 2 rings (SSSR count). The number of guanidine groups is 1. The maximum atomic E-state index is 12.8. The fourth-order valence-electron chi connectivity index (χ4n) is 1.99. The van der Waals surface area contributed by atoms with Crippen molar-refractivity contribution in [3.05, 3.63) is 47.4 Å². The van der Waals surface area contributed by atoms with E-state index in [1.165, 1.54) is 12.1 Å². The summed E-state index contributed by atoms with van der Waals surface area (Å²) < 4.78 is 18.3. The molecule has 0 aliphatic rings. The quantitative estimate of drug-likeness (QED) is 0.208. The molecule has 0 aliphatic carbocycles. The summed E-state index contributed by atoms with van der Waals surface area (Å²) in [5.41, 5.74) is 0.910. The van der Waals surface area contributed by atoms with E-state index in [1.807, 2.05) is 13.8 Å². The third-order valence-corrected chi connectivity index (χ3v) is 4.50. The lowest BCUT2D eigenvalue weighted by Gasteiger charge is -2.10. The van der Waals surface area contributed by atoms with Crippen molar-refractivity contribution in [2.24, 2.45) is 4.99 Å². The van der Waals surface area contributed by atoms with Crippen LogP contribution >= 0.6 is 35.7 Å². The summed E-state index contributed by atoms with van der Waals surface area (Å²) in [5, 5.41) is 6.43. The molecule has 1 aromatic carbocycles. The molecule has 0 unspecified atom stereocenters. The lowest BCUT2D eigenvalue weighted by molar-refractivity contribution is 0.463. The van der Waals surface area contributed by atoms with Crippen molar-refractivity contribution in [1.29, 1.82) is 0 Å². The van der Waals surface area contributed by atoms with E-state index in [0.717, 1.165) is 41.0 Å². The smallest absolute Gasteiger partial charge is 0.214 e. The van der Waals surface area contributed by atoms with Crippen LogP contribution in [-0.4, -0.2) is 30.3 Å². The van der Waals surface area contributed by atoms with Crippen molar-refractivity contribution in [1.82, 2.24) is 15.6 Å². The van der Waals surface area contributed by atoms with Gasteiger partial charge in [-0.15, -0.1) is 35.7 Å². The number of aryl methyl sites for hydroxylation is 2. The summed E-state index contributed by atoms with van der Waals surface area (Å²) >= 11 is 1.71. The van der Waals surface area contributed by atoms with Crippen molar-refractivity contribution in [3.8, 4) is 0 Å². The largest absolute Gasteiger partial charge is 0.444 e. The van der Waals surface area contributed by atoms with Gasteiger partial charge in [0.2, 0.25) is 5.89 Å². The van der Waals surface area contributed by atoms with E-state index in [0.29, 0.717) is 12.4 Å². The van der Waals surface area contributed by atoms with Crippen molar-refractivity contribution in [2.45, 2.75) is 31.7 Å². The number of hydrogen-bond acceptors (Lipinski definition) is 4. The Morgan fingerprint density at radius 2 is 1.96 bits per heavy atom. The number of benzene rings is 1. The first-order valence-corrected chi connectivity index (χ1v) is 8.83. The van der Waals surface area contributed by atoms with E-state index in [1.54, 1.807) is 30.9 Å². The number of nitrogens with zero attached hydrogens (tertiary/aromatic N) is 2. The Kier molecular flexibility index (Phi) is 9.88. The van der Waals surface area contributed by atoms with Crippen molar-refractivity contribution < 1.29 is 8.81 Å². The Labute approximate surface area is 169 Å². The molecule has 0 spiro atoms. The lowest BCUT2D eigenvalue weighted by atomic mass is 10.4. The fourth-order valence-corrected chi connectivity index (χ4v) is 2.85. The van der Waals surface area contributed by atoms with E-state index in [2.05, 4.69) is 20.6 Å². The van der Waals surface area contributed by atoms with Crippen molar-refractivity contribution in [2.75, 3.05) is 19.3 Å². The van der Waals surface area contributed by atoms with Crippen LogP contribution in [0.5, 0.6) is 0 Å². The maximum absolute atomic E-state index is 12.8. The number of aliphatic imine (C=N–C) groups is 1. The first-order valence-electron chi connectivity index (χ1n) is 7.84. The Balaban J connectivity index is 0.00000312. The minimum absolute atomic E-state index is 0. The first-order chi connectivity index (χ1) is 11.6. The molecular formula is C17H24FIN4OS. The maximum Gasteiger partial charge on any atom is 0.214 e. The van der Waals surface area contributed by atoms with Crippen LogP contribution in [0.4, 0.5) is 4.39 Å².